The number of benzene rings is 1. The van der Waals surface area contributed by atoms with E-state index in [1.54, 1.807) is 38.2 Å². The summed E-state index contributed by atoms with van der Waals surface area (Å²) < 4.78 is 5.52. The Kier molecular flexibility index (Phi) is 7.20. The molecule has 0 atom stereocenters. The number of aromatic nitrogens is 1. The Hall–Kier alpha value is -2.83. The number of unbranched alkanes of at least 4 members (excludes halogenated alkanes) is 3. The van der Waals surface area contributed by atoms with Gasteiger partial charge < -0.3 is 20.8 Å². The van der Waals surface area contributed by atoms with E-state index in [0.717, 1.165) is 36.6 Å². The van der Waals surface area contributed by atoms with Crippen molar-refractivity contribution in [2.45, 2.75) is 58.5 Å². The van der Waals surface area contributed by atoms with E-state index in [9.17, 15) is 9.59 Å². The number of rotatable bonds is 10. The minimum Gasteiger partial charge on any atom is -0.458 e. The highest BCUT2D eigenvalue weighted by Gasteiger charge is 2.24. The number of nitrogens with one attached hydrogen (secondary N) is 3. The van der Waals surface area contributed by atoms with Crippen molar-refractivity contribution in [1.82, 2.24) is 10.3 Å². The van der Waals surface area contributed by atoms with Crippen LogP contribution in [0.4, 0.5) is 0 Å². The maximum Gasteiger partial charge on any atom is 0.306 e. The fourth-order valence-electron chi connectivity index (χ4n) is 2.96. The van der Waals surface area contributed by atoms with Crippen LogP contribution in [-0.2, 0) is 9.53 Å². The van der Waals surface area contributed by atoms with E-state index in [4.69, 9.17) is 15.9 Å². The van der Waals surface area contributed by atoms with E-state index in [2.05, 4.69) is 17.2 Å². The highest BCUT2D eigenvalue weighted by atomic mass is 16.6. The van der Waals surface area contributed by atoms with Gasteiger partial charge in [0.2, 0.25) is 0 Å². The number of nitrogens with two attached hydrogens (primary N) is 1. The molecule has 7 heteroatoms. The maximum absolute atomic E-state index is 12.6. The molecule has 1 aromatic heterocycles. The van der Waals surface area contributed by atoms with E-state index in [1.807, 2.05) is 0 Å². The molecule has 28 heavy (non-hydrogen) atoms. The van der Waals surface area contributed by atoms with Crippen LogP contribution in [0.2, 0.25) is 0 Å². The highest BCUT2D eigenvalue weighted by molar-refractivity contribution is 6.08. The Morgan fingerprint density at radius 1 is 1.25 bits per heavy atom. The number of hydrogen-bond acceptors (Lipinski definition) is 4. The molecule has 5 N–H and O–H groups in total. The number of amides is 1. The maximum atomic E-state index is 12.6. The smallest absolute Gasteiger partial charge is 0.306 e. The molecule has 0 bridgehead atoms. The number of carbonyl (C=O) groups excluding carboxylic acids is 2. The third-order valence-corrected chi connectivity index (χ3v) is 4.54. The first-order valence-electron chi connectivity index (χ1n) is 9.69. The number of aromatic amines is 1. The Bertz CT molecular complexity index is 854. The number of hydrogen-bond donors (Lipinski definition) is 4. The lowest BCUT2D eigenvalue weighted by atomic mass is 10.1. The molecule has 1 amide bonds. The van der Waals surface area contributed by atoms with Crippen molar-refractivity contribution in [2.75, 3.05) is 6.54 Å². The molecule has 2 aromatic rings. The molecule has 0 saturated carbocycles. The number of fused-ring (bicyclic) bond motifs is 1. The molecule has 7 nitrogen and oxygen atoms in total. The van der Waals surface area contributed by atoms with Crippen molar-refractivity contribution in [3.05, 3.63) is 35.5 Å². The van der Waals surface area contributed by atoms with Crippen LogP contribution in [0.25, 0.3) is 10.9 Å². The monoisotopic (exact) mass is 386 g/mol. The number of nitrogen functional groups attached to an aromatic ring is 1. The van der Waals surface area contributed by atoms with Gasteiger partial charge in [0.15, 0.2) is 0 Å². The molecule has 0 spiro atoms. The summed E-state index contributed by atoms with van der Waals surface area (Å²) in [5.74, 6) is -0.520. The molecular weight excluding hydrogens is 356 g/mol. The van der Waals surface area contributed by atoms with E-state index in [1.165, 1.54) is 0 Å². The summed E-state index contributed by atoms with van der Waals surface area (Å²) in [4.78, 5) is 27.6. The fraction of sp³-hybridized carbons (Fsp3) is 0.476. The van der Waals surface area contributed by atoms with Crippen LogP contribution in [0.5, 0.6) is 0 Å². The minimum absolute atomic E-state index is 0.0271. The Labute approximate surface area is 165 Å². The average molecular weight is 386 g/mol. The molecule has 0 fully saturated rings. The lowest BCUT2D eigenvalue weighted by Crippen LogP contribution is -2.41. The standard InChI is InChI=1S/C21H30N4O3/c1-4-5-6-7-8-18(26)28-21(2,3)13-25-20(27)16-12-24-17-11-14(19(22)23)9-10-15(16)17/h9-12,24H,4-8,13H2,1-3H3,(H3,22,23)(H,25,27). The molecule has 1 aromatic carbocycles. The number of esters is 1. The molecule has 0 unspecified atom stereocenters. The average Bonchev–Trinajstić information content (AvgIpc) is 3.06. The van der Waals surface area contributed by atoms with Crippen LogP contribution in [0, 0.1) is 5.41 Å². The molecule has 2 rings (SSSR count). The quantitative estimate of drug-likeness (QED) is 0.216. The van der Waals surface area contributed by atoms with Crippen LogP contribution in [0.15, 0.2) is 24.4 Å². The Balaban J connectivity index is 1.92. The van der Waals surface area contributed by atoms with E-state index in [0.29, 0.717) is 17.5 Å². The predicted octanol–water partition coefficient (Wildman–Crippen LogP) is 3.47. The second kappa shape index (κ2) is 9.39. The third kappa shape index (κ3) is 5.84. The summed E-state index contributed by atoms with van der Waals surface area (Å²) in [5, 5.41) is 11.1. The molecule has 0 radical (unpaired) electrons. The first-order chi connectivity index (χ1) is 13.2. The van der Waals surface area contributed by atoms with Gasteiger partial charge in [-0.2, -0.15) is 0 Å². The number of amidine groups is 1. The summed E-state index contributed by atoms with van der Waals surface area (Å²) in [7, 11) is 0. The zero-order valence-electron chi connectivity index (χ0n) is 16.9. The fourth-order valence-corrected chi connectivity index (χ4v) is 2.96. The first kappa shape index (κ1) is 21.5. The largest absolute Gasteiger partial charge is 0.458 e. The zero-order chi connectivity index (χ0) is 20.7. The van der Waals surface area contributed by atoms with Crippen LogP contribution in [0.3, 0.4) is 0 Å². The van der Waals surface area contributed by atoms with Crippen LogP contribution in [0.1, 0.15) is 68.8 Å². The van der Waals surface area contributed by atoms with Crippen molar-refractivity contribution in [3.63, 3.8) is 0 Å². The van der Waals surface area contributed by atoms with Gasteiger partial charge in [0.05, 0.1) is 12.1 Å². The van der Waals surface area contributed by atoms with Gasteiger partial charge in [0.25, 0.3) is 5.91 Å². The van der Waals surface area contributed by atoms with Gasteiger partial charge in [-0.15, -0.1) is 0 Å². The van der Waals surface area contributed by atoms with Gasteiger partial charge in [-0.05, 0) is 26.3 Å². The van der Waals surface area contributed by atoms with Crippen LogP contribution >= 0.6 is 0 Å². The second-order valence-electron chi connectivity index (χ2n) is 7.60. The summed E-state index contributed by atoms with van der Waals surface area (Å²) in [6.45, 7) is 5.90. The van der Waals surface area contributed by atoms with E-state index < -0.39 is 5.60 Å². The number of ether oxygens (including phenoxy) is 1. The van der Waals surface area contributed by atoms with Crippen LogP contribution in [-0.4, -0.2) is 34.8 Å². The van der Waals surface area contributed by atoms with Gasteiger partial charge in [-0.3, -0.25) is 15.0 Å². The van der Waals surface area contributed by atoms with E-state index in [-0.39, 0.29) is 24.3 Å². The Morgan fingerprint density at radius 2 is 2.00 bits per heavy atom. The third-order valence-electron chi connectivity index (χ3n) is 4.54. The van der Waals surface area contributed by atoms with Gasteiger partial charge in [-0.1, -0.05) is 38.3 Å². The van der Waals surface area contributed by atoms with Gasteiger partial charge in [0, 0.05) is 29.1 Å². The van der Waals surface area contributed by atoms with Gasteiger partial charge >= 0.3 is 5.97 Å². The summed E-state index contributed by atoms with van der Waals surface area (Å²) in [6, 6.07) is 5.21. The second-order valence-corrected chi connectivity index (χ2v) is 7.60. The normalized spacial score (nSPS) is 11.4. The molecule has 0 aliphatic rings. The van der Waals surface area contributed by atoms with Crippen molar-refractivity contribution in [2.24, 2.45) is 5.73 Å². The van der Waals surface area contributed by atoms with Crippen molar-refractivity contribution in [1.29, 1.82) is 5.41 Å². The lowest BCUT2D eigenvalue weighted by molar-refractivity contribution is -0.156. The molecule has 152 valence electrons. The summed E-state index contributed by atoms with van der Waals surface area (Å²) in [6.07, 6.45) is 6.11. The minimum atomic E-state index is -0.786. The first-order valence-corrected chi connectivity index (χ1v) is 9.69. The zero-order valence-corrected chi connectivity index (χ0v) is 16.9. The van der Waals surface area contributed by atoms with Gasteiger partial charge in [-0.25, -0.2) is 0 Å². The van der Waals surface area contributed by atoms with E-state index >= 15 is 0 Å². The van der Waals surface area contributed by atoms with Crippen molar-refractivity contribution >= 4 is 28.6 Å². The van der Waals surface area contributed by atoms with Gasteiger partial charge in [0.1, 0.15) is 11.4 Å². The summed E-state index contributed by atoms with van der Waals surface area (Å²) >= 11 is 0. The Morgan fingerprint density at radius 3 is 2.68 bits per heavy atom. The summed E-state index contributed by atoms with van der Waals surface area (Å²) in [5.41, 5.74) is 6.53. The number of H-pyrrole nitrogens is 1. The molecule has 0 aliphatic carbocycles. The molecular formula is C21H30N4O3. The molecule has 0 aliphatic heterocycles. The predicted molar refractivity (Wildman–Crippen MR) is 111 cm³/mol. The van der Waals surface area contributed by atoms with Crippen molar-refractivity contribution in [3.8, 4) is 0 Å². The topological polar surface area (TPSA) is 121 Å². The number of carbonyl (C=O) groups is 2. The molecule has 1 heterocycles. The SMILES string of the molecule is CCCCCCC(=O)OC(C)(C)CNC(=O)c1c[nH]c2cc(C(=N)N)ccc12. The van der Waals surface area contributed by atoms with Crippen LogP contribution < -0.4 is 11.1 Å². The lowest BCUT2D eigenvalue weighted by Gasteiger charge is -2.25. The van der Waals surface area contributed by atoms with Crippen molar-refractivity contribution < 1.29 is 14.3 Å². The molecule has 0 saturated heterocycles. The highest BCUT2D eigenvalue weighted by Crippen LogP contribution is 2.20.